The Hall–Kier alpha value is -0.970. The van der Waals surface area contributed by atoms with Gasteiger partial charge in [-0.1, -0.05) is 6.07 Å². The van der Waals surface area contributed by atoms with Crippen molar-refractivity contribution in [2.45, 2.75) is 13.3 Å². The van der Waals surface area contributed by atoms with Gasteiger partial charge >= 0.3 is 0 Å². The molecule has 0 spiro atoms. The minimum atomic E-state index is -0.0191. The largest absolute Gasteiger partial charge is 0.399 e. The van der Waals surface area contributed by atoms with Crippen LogP contribution in [0.25, 0.3) is 0 Å². The van der Waals surface area contributed by atoms with Crippen LogP contribution in [0.3, 0.4) is 0 Å². The van der Waals surface area contributed by atoms with Crippen LogP contribution in [0.4, 0.5) is 5.69 Å². The van der Waals surface area contributed by atoms with E-state index in [-0.39, 0.29) is 30.7 Å². The highest BCUT2D eigenvalue weighted by molar-refractivity contribution is 5.96. The summed E-state index contributed by atoms with van der Waals surface area (Å²) in [4.78, 5) is 14.4. The molecule has 3 N–H and O–H groups in total. The number of amides is 1. The molecule has 1 aliphatic rings. The van der Waals surface area contributed by atoms with Crippen molar-refractivity contribution in [3.8, 4) is 0 Å². The molecule has 1 aromatic carbocycles. The molecule has 2 rings (SSSR count). The number of nitrogens with zero attached hydrogens (tertiary/aromatic N) is 1. The summed E-state index contributed by atoms with van der Waals surface area (Å²) in [7, 11) is 2.11. The summed E-state index contributed by atoms with van der Waals surface area (Å²) in [6.07, 6.45) is 1.16. The average Bonchev–Trinajstić information content (AvgIpc) is 2.75. The molecule has 1 saturated heterocycles. The van der Waals surface area contributed by atoms with Crippen molar-refractivity contribution in [2.75, 3.05) is 32.4 Å². The summed E-state index contributed by atoms with van der Waals surface area (Å²) in [6, 6.07) is 5.44. The molecule has 1 aliphatic heterocycles. The number of anilines is 1. The highest BCUT2D eigenvalue weighted by atomic mass is 35.5. The van der Waals surface area contributed by atoms with Crippen LogP contribution in [0.2, 0.25) is 0 Å². The predicted octanol–water partition coefficient (Wildman–Crippen LogP) is 2.10. The Bertz CT molecular complexity index is 454. The van der Waals surface area contributed by atoms with E-state index in [1.807, 2.05) is 19.1 Å². The standard InChI is InChI=1S/C14H21N3O.2ClH/c1-10-3-4-12(15)7-13(10)14(18)16-8-11-5-6-17(2)9-11;;/h3-4,7,11H,5-6,8-9,15H2,1-2H3,(H,16,18);2*1H. The number of benzene rings is 1. The number of aryl methyl sites for hydroxylation is 1. The van der Waals surface area contributed by atoms with Crippen molar-refractivity contribution >= 4 is 36.4 Å². The van der Waals surface area contributed by atoms with E-state index in [2.05, 4.69) is 17.3 Å². The molecule has 1 fully saturated rings. The van der Waals surface area contributed by atoms with Crippen molar-refractivity contribution in [1.29, 1.82) is 0 Å². The van der Waals surface area contributed by atoms with Gasteiger partial charge in [0.15, 0.2) is 0 Å². The fourth-order valence-electron chi connectivity index (χ4n) is 2.41. The Kier molecular flexibility index (Phi) is 7.94. The van der Waals surface area contributed by atoms with E-state index in [0.717, 1.165) is 31.6 Å². The number of rotatable bonds is 3. The molecule has 20 heavy (non-hydrogen) atoms. The first kappa shape index (κ1) is 19.0. The summed E-state index contributed by atoms with van der Waals surface area (Å²) >= 11 is 0. The van der Waals surface area contributed by atoms with Crippen molar-refractivity contribution in [1.82, 2.24) is 10.2 Å². The third kappa shape index (κ3) is 4.85. The van der Waals surface area contributed by atoms with E-state index in [9.17, 15) is 4.79 Å². The van der Waals surface area contributed by atoms with E-state index in [0.29, 0.717) is 17.2 Å². The molecule has 0 saturated carbocycles. The lowest BCUT2D eigenvalue weighted by Gasteiger charge is -2.13. The fourth-order valence-corrected chi connectivity index (χ4v) is 2.41. The lowest BCUT2D eigenvalue weighted by atomic mass is 10.1. The van der Waals surface area contributed by atoms with E-state index in [1.165, 1.54) is 0 Å². The number of carbonyl (C=O) groups excluding carboxylic acids is 1. The molecule has 4 nitrogen and oxygen atoms in total. The van der Waals surface area contributed by atoms with Crippen molar-refractivity contribution in [3.63, 3.8) is 0 Å². The van der Waals surface area contributed by atoms with Crippen molar-refractivity contribution in [3.05, 3.63) is 29.3 Å². The van der Waals surface area contributed by atoms with Crippen LogP contribution in [0.15, 0.2) is 18.2 Å². The number of nitrogens with one attached hydrogen (secondary N) is 1. The molecule has 1 aromatic rings. The number of halogens is 2. The molecule has 114 valence electrons. The van der Waals surface area contributed by atoms with E-state index < -0.39 is 0 Å². The van der Waals surface area contributed by atoms with E-state index in [4.69, 9.17) is 5.73 Å². The van der Waals surface area contributed by atoms with Crippen LogP contribution >= 0.6 is 24.8 Å². The molecular formula is C14H23Cl2N3O. The molecule has 1 heterocycles. The molecule has 0 radical (unpaired) electrons. The lowest BCUT2D eigenvalue weighted by molar-refractivity contribution is 0.0947. The first-order valence-corrected chi connectivity index (χ1v) is 6.39. The minimum absolute atomic E-state index is 0. The highest BCUT2D eigenvalue weighted by Crippen LogP contribution is 2.15. The van der Waals surface area contributed by atoms with Gasteiger partial charge in [0.1, 0.15) is 0 Å². The molecule has 1 atom stereocenters. The summed E-state index contributed by atoms with van der Waals surface area (Å²) in [5, 5.41) is 3.01. The topological polar surface area (TPSA) is 58.4 Å². The summed E-state index contributed by atoms with van der Waals surface area (Å²) in [5.41, 5.74) is 7.99. The fraction of sp³-hybridized carbons (Fsp3) is 0.500. The summed E-state index contributed by atoms with van der Waals surface area (Å²) in [6.45, 7) is 4.86. The SMILES string of the molecule is Cc1ccc(N)cc1C(=O)NCC1CCN(C)C1.Cl.Cl. The van der Waals surface area contributed by atoms with Gasteiger partial charge < -0.3 is 16.0 Å². The lowest BCUT2D eigenvalue weighted by Crippen LogP contribution is -2.30. The third-order valence-corrected chi connectivity index (χ3v) is 3.55. The second-order valence-corrected chi connectivity index (χ2v) is 5.20. The van der Waals surface area contributed by atoms with Crippen LogP contribution in [-0.4, -0.2) is 37.5 Å². The predicted molar refractivity (Wildman–Crippen MR) is 88.0 cm³/mol. The molecule has 0 aliphatic carbocycles. The first-order valence-electron chi connectivity index (χ1n) is 6.39. The summed E-state index contributed by atoms with van der Waals surface area (Å²) in [5.74, 6) is 0.551. The van der Waals surface area contributed by atoms with Gasteiger partial charge in [-0.25, -0.2) is 0 Å². The van der Waals surface area contributed by atoms with Gasteiger partial charge in [0.25, 0.3) is 5.91 Å². The Morgan fingerprint density at radius 3 is 2.75 bits per heavy atom. The van der Waals surface area contributed by atoms with Gasteiger partial charge in [-0.3, -0.25) is 4.79 Å². The smallest absolute Gasteiger partial charge is 0.251 e. The third-order valence-electron chi connectivity index (χ3n) is 3.55. The number of nitrogen functional groups attached to an aromatic ring is 1. The molecular weight excluding hydrogens is 297 g/mol. The normalized spacial score (nSPS) is 18.0. The van der Waals surface area contributed by atoms with Gasteiger partial charge in [0.05, 0.1) is 0 Å². The highest BCUT2D eigenvalue weighted by Gasteiger charge is 2.20. The zero-order valence-electron chi connectivity index (χ0n) is 11.9. The van der Waals surface area contributed by atoms with Crippen molar-refractivity contribution < 1.29 is 4.79 Å². The Balaban J connectivity index is 0.00000180. The number of hydrogen-bond donors (Lipinski definition) is 2. The maximum Gasteiger partial charge on any atom is 0.251 e. The van der Waals surface area contributed by atoms with Crippen molar-refractivity contribution in [2.24, 2.45) is 5.92 Å². The number of carbonyl (C=O) groups is 1. The number of nitrogens with two attached hydrogens (primary N) is 1. The quantitative estimate of drug-likeness (QED) is 0.839. The maximum atomic E-state index is 12.1. The number of likely N-dealkylation sites (tertiary alicyclic amines) is 1. The first-order chi connectivity index (χ1) is 8.56. The monoisotopic (exact) mass is 319 g/mol. The van der Waals surface area contributed by atoms with Crippen LogP contribution < -0.4 is 11.1 Å². The summed E-state index contributed by atoms with van der Waals surface area (Å²) < 4.78 is 0. The minimum Gasteiger partial charge on any atom is -0.399 e. The second kappa shape index (κ2) is 8.35. The average molecular weight is 320 g/mol. The van der Waals surface area contributed by atoms with E-state index >= 15 is 0 Å². The molecule has 1 amide bonds. The maximum absolute atomic E-state index is 12.1. The van der Waals surface area contributed by atoms with Gasteiger partial charge in [-0.05, 0) is 50.6 Å². The Labute approximate surface area is 132 Å². The van der Waals surface area contributed by atoms with E-state index in [1.54, 1.807) is 6.07 Å². The second-order valence-electron chi connectivity index (χ2n) is 5.20. The number of hydrogen-bond acceptors (Lipinski definition) is 3. The van der Waals surface area contributed by atoms with Crippen LogP contribution in [0.5, 0.6) is 0 Å². The van der Waals surface area contributed by atoms with Gasteiger partial charge in [-0.2, -0.15) is 0 Å². The van der Waals surface area contributed by atoms with Gasteiger partial charge in [0, 0.05) is 24.3 Å². The molecule has 6 heteroatoms. The zero-order chi connectivity index (χ0) is 13.1. The Morgan fingerprint density at radius 1 is 1.45 bits per heavy atom. The Morgan fingerprint density at radius 2 is 2.15 bits per heavy atom. The van der Waals surface area contributed by atoms with Crippen LogP contribution in [-0.2, 0) is 0 Å². The van der Waals surface area contributed by atoms with Crippen LogP contribution in [0.1, 0.15) is 22.3 Å². The molecule has 1 unspecified atom stereocenters. The zero-order valence-corrected chi connectivity index (χ0v) is 13.5. The van der Waals surface area contributed by atoms with Gasteiger partial charge in [-0.15, -0.1) is 24.8 Å². The molecule has 0 bridgehead atoms. The van der Waals surface area contributed by atoms with Crippen LogP contribution in [0, 0.1) is 12.8 Å². The molecule has 0 aromatic heterocycles. The van der Waals surface area contributed by atoms with Gasteiger partial charge in [0.2, 0.25) is 0 Å².